The maximum Gasteiger partial charge on any atom is 0.305 e. The van der Waals surface area contributed by atoms with Crippen molar-refractivity contribution in [2.75, 3.05) is 31.6 Å². The maximum absolute atomic E-state index is 13.4. The standard InChI is InChI=1S/C20H28N2O3.CH2O2/c1-16-7-9-17(10-8-16)22-15-5-12-20(19(22)24)11-4-14-21(20)13-3-6-18(23)25-2;2-1-3/h7-10H,3-6,11-15H2,1-2H3;1H,(H,2,3). The Kier molecular flexibility index (Phi) is 7.99. The molecule has 154 valence electrons. The molecular weight excluding hydrogens is 360 g/mol. The molecule has 1 atom stereocenters. The fourth-order valence-electron chi connectivity index (χ4n) is 4.26. The molecule has 7 heteroatoms. The van der Waals surface area contributed by atoms with Crippen LogP contribution in [-0.4, -0.2) is 60.6 Å². The minimum Gasteiger partial charge on any atom is -0.483 e. The molecule has 7 nitrogen and oxygen atoms in total. The first-order valence-electron chi connectivity index (χ1n) is 9.77. The van der Waals surface area contributed by atoms with Crippen molar-refractivity contribution in [3.8, 4) is 0 Å². The van der Waals surface area contributed by atoms with Gasteiger partial charge in [0.25, 0.3) is 6.47 Å². The van der Waals surface area contributed by atoms with E-state index in [1.165, 1.54) is 12.7 Å². The van der Waals surface area contributed by atoms with Crippen molar-refractivity contribution >= 4 is 24.0 Å². The second-order valence-electron chi connectivity index (χ2n) is 7.30. The number of piperidine rings is 1. The highest BCUT2D eigenvalue weighted by Crippen LogP contribution is 2.39. The van der Waals surface area contributed by atoms with Gasteiger partial charge in [-0.15, -0.1) is 0 Å². The molecule has 1 N–H and O–H groups in total. The second-order valence-corrected chi connectivity index (χ2v) is 7.30. The fourth-order valence-corrected chi connectivity index (χ4v) is 4.26. The van der Waals surface area contributed by atoms with Gasteiger partial charge in [0.1, 0.15) is 5.54 Å². The smallest absolute Gasteiger partial charge is 0.305 e. The number of carboxylic acid groups (broad SMARTS) is 1. The molecule has 2 aliphatic rings. The van der Waals surface area contributed by atoms with Crippen LogP contribution in [0.25, 0.3) is 0 Å². The number of esters is 1. The van der Waals surface area contributed by atoms with Crippen molar-refractivity contribution in [2.45, 2.75) is 51.0 Å². The van der Waals surface area contributed by atoms with Gasteiger partial charge in [-0.2, -0.15) is 0 Å². The quantitative estimate of drug-likeness (QED) is 0.614. The lowest BCUT2D eigenvalue weighted by Crippen LogP contribution is -2.60. The third-order valence-corrected chi connectivity index (χ3v) is 5.62. The summed E-state index contributed by atoms with van der Waals surface area (Å²) in [4.78, 5) is 37.4. The summed E-state index contributed by atoms with van der Waals surface area (Å²) in [5, 5.41) is 6.89. The average molecular weight is 390 g/mol. The number of aryl methyl sites for hydroxylation is 1. The molecule has 2 saturated heterocycles. The second kappa shape index (κ2) is 10.2. The Balaban J connectivity index is 0.000000878. The molecule has 28 heavy (non-hydrogen) atoms. The Labute approximate surface area is 166 Å². The highest BCUT2D eigenvalue weighted by Gasteiger charge is 2.50. The van der Waals surface area contributed by atoms with Crippen LogP contribution < -0.4 is 4.90 Å². The molecule has 1 amide bonds. The van der Waals surface area contributed by atoms with Gasteiger partial charge in [0.05, 0.1) is 7.11 Å². The van der Waals surface area contributed by atoms with Gasteiger partial charge in [0.2, 0.25) is 5.91 Å². The number of methoxy groups -OCH3 is 1. The molecule has 1 unspecified atom stereocenters. The summed E-state index contributed by atoms with van der Waals surface area (Å²) in [5.74, 6) is 0.0580. The van der Waals surface area contributed by atoms with Crippen LogP contribution in [0.2, 0.25) is 0 Å². The number of carbonyl (C=O) groups excluding carboxylic acids is 2. The van der Waals surface area contributed by atoms with Gasteiger partial charge in [-0.25, -0.2) is 0 Å². The molecular formula is C21H30N2O5. The van der Waals surface area contributed by atoms with Crippen LogP contribution >= 0.6 is 0 Å². The first-order chi connectivity index (χ1) is 13.5. The summed E-state index contributed by atoms with van der Waals surface area (Å²) in [5.41, 5.74) is 1.82. The number of hydrogen-bond acceptors (Lipinski definition) is 5. The van der Waals surface area contributed by atoms with Crippen molar-refractivity contribution in [1.29, 1.82) is 0 Å². The van der Waals surface area contributed by atoms with Crippen molar-refractivity contribution in [3.63, 3.8) is 0 Å². The lowest BCUT2D eigenvalue weighted by molar-refractivity contribution is -0.140. The largest absolute Gasteiger partial charge is 0.483 e. The average Bonchev–Trinajstić information content (AvgIpc) is 3.09. The zero-order valence-corrected chi connectivity index (χ0v) is 16.7. The Morgan fingerprint density at radius 1 is 1.21 bits per heavy atom. The Hall–Kier alpha value is -2.41. The van der Waals surface area contributed by atoms with E-state index in [2.05, 4.69) is 24.0 Å². The van der Waals surface area contributed by atoms with E-state index in [-0.39, 0.29) is 23.9 Å². The zero-order valence-electron chi connectivity index (χ0n) is 16.7. The number of likely N-dealkylation sites (tertiary alicyclic amines) is 1. The SMILES string of the molecule is COC(=O)CCCN1CCCC12CCCN(c1ccc(C)cc1)C2=O.O=CO. The summed E-state index contributed by atoms with van der Waals surface area (Å²) >= 11 is 0. The Morgan fingerprint density at radius 3 is 2.43 bits per heavy atom. The highest BCUT2D eigenvalue weighted by atomic mass is 16.5. The van der Waals surface area contributed by atoms with Crippen molar-refractivity contribution < 1.29 is 24.2 Å². The fraction of sp³-hybridized carbons (Fsp3) is 0.571. The normalized spacial score (nSPS) is 21.9. The number of benzene rings is 1. The van der Waals surface area contributed by atoms with Crippen LogP contribution in [0.4, 0.5) is 5.69 Å². The summed E-state index contributed by atoms with van der Waals surface area (Å²) in [6.07, 6.45) is 5.07. The van der Waals surface area contributed by atoms with Gasteiger partial charge in [0, 0.05) is 18.7 Å². The van der Waals surface area contributed by atoms with Crippen LogP contribution in [-0.2, 0) is 19.1 Å². The Morgan fingerprint density at radius 2 is 1.82 bits per heavy atom. The van der Waals surface area contributed by atoms with Crippen LogP contribution in [0.5, 0.6) is 0 Å². The summed E-state index contributed by atoms with van der Waals surface area (Å²) in [6, 6.07) is 8.21. The van der Waals surface area contributed by atoms with Crippen LogP contribution in [0.1, 0.15) is 44.1 Å². The topological polar surface area (TPSA) is 87.2 Å². The van der Waals surface area contributed by atoms with Gasteiger partial charge in [-0.05, 0) is 64.3 Å². The van der Waals surface area contributed by atoms with Gasteiger partial charge in [-0.3, -0.25) is 19.3 Å². The van der Waals surface area contributed by atoms with E-state index >= 15 is 0 Å². The molecule has 0 radical (unpaired) electrons. The number of hydrogen-bond donors (Lipinski definition) is 1. The molecule has 0 saturated carbocycles. The van der Waals surface area contributed by atoms with E-state index in [0.717, 1.165) is 57.4 Å². The van der Waals surface area contributed by atoms with E-state index in [4.69, 9.17) is 14.6 Å². The van der Waals surface area contributed by atoms with Gasteiger partial charge in [0.15, 0.2) is 0 Å². The molecule has 3 rings (SSSR count). The van der Waals surface area contributed by atoms with Gasteiger partial charge in [-0.1, -0.05) is 17.7 Å². The first kappa shape index (κ1) is 21.9. The Bertz CT molecular complexity index is 676. The molecule has 1 aromatic carbocycles. The number of nitrogens with zero attached hydrogens (tertiary/aromatic N) is 2. The van der Waals surface area contributed by atoms with E-state index in [1.54, 1.807) is 0 Å². The van der Waals surface area contributed by atoms with Crippen molar-refractivity contribution in [3.05, 3.63) is 29.8 Å². The maximum atomic E-state index is 13.4. The predicted octanol–water partition coefficient (Wildman–Crippen LogP) is 2.61. The minimum atomic E-state index is -0.376. The summed E-state index contributed by atoms with van der Waals surface area (Å²) in [6.45, 7) is 4.32. The third-order valence-electron chi connectivity index (χ3n) is 5.62. The number of anilines is 1. The number of ether oxygens (including phenoxy) is 1. The highest BCUT2D eigenvalue weighted by molar-refractivity contribution is 6.01. The first-order valence-corrected chi connectivity index (χ1v) is 9.77. The van der Waals surface area contributed by atoms with Gasteiger partial charge < -0.3 is 14.7 Å². The van der Waals surface area contributed by atoms with Crippen molar-refractivity contribution in [1.82, 2.24) is 4.90 Å². The lowest BCUT2D eigenvalue weighted by Gasteiger charge is -2.44. The predicted molar refractivity (Wildman–Crippen MR) is 106 cm³/mol. The van der Waals surface area contributed by atoms with E-state index in [1.807, 2.05) is 17.0 Å². The molecule has 0 aliphatic carbocycles. The third kappa shape index (κ3) is 4.90. The van der Waals surface area contributed by atoms with Crippen LogP contribution in [0.15, 0.2) is 24.3 Å². The molecule has 2 aliphatic heterocycles. The number of carbonyl (C=O) groups is 3. The van der Waals surface area contributed by atoms with Gasteiger partial charge >= 0.3 is 5.97 Å². The lowest BCUT2D eigenvalue weighted by atomic mass is 9.85. The van der Waals surface area contributed by atoms with Crippen molar-refractivity contribution in [2.24, 2.45) is 0 Å². The molecule has 0 aromatic heterocycles. The molecule has 2 fully saturated rings. The molecule has 0 bridgehead atoms. The van der Waals surface area contributed by atoms with E-state index in [9.17, 15) is 9.59 Å². The molecule has 2 heterocycles. The van der Waals surface area contributed by atoms with E-state index < -0.39 is 0 Å². The molecule has 1 aromatic rings. The monoisotopic (exact) mass is 390 g/mol. The number of rotatable bonds is 5. The number of amides is 1. The van der Waals surface area contributed by atoms with E-state index in [0.29, 0.717) is 6.42 Å². The minimum absolute atomic E-state index is 0.176. The summed E-state index contributed by atoms with van der Waals surface area (Å²) < 4.78 is 4.72. The summed E-state index contributed by atoms with van der Waals surface area (Å²) in [7, 11) is 1.42. The van der Waals surface area contributed by atoms with Crippen LogP contribution in [0.3, 0.4) is 0 Å². The van der Waals surface area contributed by atoms with Crippen LogP contribution in [0, 0.1) is 6.92 Å². The zero-order chi connectivity index (χ0) is 20.6. The molecule has 1 spiro atoms.